The molecule has 1 heteroatoms. The summed E-state index contributed by atoms with van der Waals surface area (Å²) in [5, 5.41) is 9.24. The van der Waals surface area contributed by atoms with Crippen molar-refractivity contribution in [3.05, 3.63) is 0 Å². The van der Waals surface area contributed by atoms with E-state index in [0.29, 0.717) is 12.0 Å². The van der Waals surface area contributed by atoms with Crippen molar-refractivity contribution in [2.45, 2.75) is 65.7 Å². The molecular formula is C12H26O. The van der Waals surface area contributed by atoms with Gasteiger partial charge in [0.05, 0.1) is 0 Å². The lowest BCUT2D eigenvalue weighted by Gasteiger charge is -2.25. The second-order valence-corrected chi connectivity index (χ2v) is 3.97. The van der Waals surface area contributed by atoms with Crippen LogP contribution in [0.5, 0.6) is 0 Å². The molecule has 0 atom stereocenters. The van der Waals surface area contributed by atoms with E-state index in [1.165, 1.54) is 44.9 Å². The van der Waals surface area contributed by atoms with Crippen LogP contribution >= 0.6 is 0 Å². The van der Waals surface area contributed by atoms with E-state index in [4.69, 9.17) is 0 Å². The molecule has 1 aliphatic rings. The predicted molar refractivity (Wildman–Crippen MR) is 58.9 cm³/mol. The van der Waals surface area contributed by atoms with Crippen LogP contribution in [-0.2, 0) is 0 Å². The number of aliphatic hydroxyl groups is 1. The minimum atomic E-state index is 0.343. The lowest BCUT2D eigenvalue weighted by atomic mass is 9.82. The first-order valence-corrected chi connectivity index (χ1v) is 5.94. The smallest absolute Gasteiger partial charge is 0.0487 e. The zero-order chi connectivity index (χ0) is 10.2. The van der Waals surface area contributed by atoms with Gasteiger partial charge in [0.15, 0.2) is 0 Å². The summed E-state index contributed by atoms with van der Waals surface area (Å²) in [6.45, 7) is 6.65. The van der Waals surface area contributed by atoms with Gasteiger partial charge in [0.25, 0.3) is 0 Å². The highest BCUT2D eigenvalue weighted by molar-refractivity contribution is 4.83. The standard InChI is InChI=1S/C10H20O.C2H6/c1-2-3-6-10(9-11)7-4-5-8-10;1-2/h11H,2-9H2,1H3;1-2H3. The molecule has 0 heterocycles. The van der Waals surface area contributed by atoms with Crippen LogP contribution in [0.25, 0.3) is 0 Å². The molecule has 1 nitrogen and oxygen atoms in total. The molecule has 0 unspecified atom stereocenters. The Morgan fingerprint density at radius 2 is 1.69 bits per heavy atom. The van der Waals surface area contributed by atoms with Crippen molar-refractivity contribution in [1.82, 2.24) is 0 Å². The Morgan fingerprint density at radius 3 is 2.08 bits per heavy atom. The van der Waals surface area contributed by atoms with Gasteiger partial charge in [-0.3, -0.25) is 0 Å². The Bertz CT molecular complexity index is 104. The minimum Gasteiger partial charge on any atom is -0.396 e. The van der Waals surface area contributed by atoms with Gasteiger partial charge in [-0.2, -0.15) is 0 Å². The summed E-state index contributed by atoms with van der Waals surface area (Å²) in [7, 11) is 0. The van der Waals surface area contributed by atoms with Crippen molar-refractivity contribution in [1.29, 1.82) is 0 Å². The third-order valence-corrected chi connectivity index (χ3v) is 3.06. The molecule has 1 N–H and O–H groups in total. The monoisotopic (exact) mass is 186 g/mol. The fraction of sp³-hybridized carbons (Fsp3) is 1.00. The zero-order valence-electron chi connectivity index (χ0n) is 9.60. The molecule has 0 radical (unpaired) electrons. The Hall–Kier alpha value is -0.0400. The second kappa shape index (κ2) is 7.37. The Balaban J connectivity index is 0.000000671. The van der Waals surface area contributed by atoms with Crippen molar-refractivity contribution in [2.24, 2.45) is 5.41 Å². The zero-order valence-corrected chi connectivity index (χ0v) is 9.60. The molecule has 13 heavy (non-hydrogen) atoms. The van der Waals surface area contributed by atoms with E-state index >= 15 is 0 Å². The number of unbranched alkanes of at least 4 members (excludes halogenated alkanes) is 1. The summed E-state index contributed by atoms with van der Waals surface area (Å²) in [5.41, 5.74) is 0.343. The van der Waals surface area contributed by atoms with Gasteiger partial charge >= 0.3 is 0 Å². The normalized spacial score (nSPS) is 19.4. The number of aliphatic hydroxyl groups excluding tert-OH is 1. The van der Waals surface area contributed by atoms with Crippen LogP contribution in [0.1, 0.15) is 65.7 Å². The van der Waals surface area contributed by atoms with Gasteiger partial charge in [0.2, 0.25) is 0 Å². The van der Waals surface area contributed by atoms with E-state index in [1.54, 1.807) is 0 Å². The van der Waals surface area contributed by atoms with Crippen LogP contribution in [0, 0.1) is 5.41 Å². The van der Waals surface area contributed by atoms with E-state index < -0.39 is 0 Å². The number of hydrogen-bond donors (Lipinski definition) is 1. The minimum absolute atomic E-state index is 0.343. The Labute approximate surface area is 83.5 Å². The lowest BCUT2D eigenvalue weighted by Crippen LogP contribution is -2.20. The van der Waals surface area contributed by atoms with Crippen LogP contribution in [0.3, 0.4) is 0 Å². The fourth-order valence-electron chi connectivity index (χ4n) is 2.16. The third-order valence-electron chi connectivity index (χ3n) is 3.06. The third kappa shape index (κ3) is 4.12. The molecule has 1 saturated carbocycles. The summed E-state index contributed by atoms with van der Waals surface area (Å²) < 4.78 is 0. The first-order valence-electron chi connectivity index (χ1n) is 5.94. The summed E-state index contributed by atoms with van der Waals surface area (Å²) in [5.74, 6) is 0. The molecule has 1 rings (SSSR count). The summed E-state index contributed by atoms with van der Waals surface area (Å²) in [4.78, 5) is 0. The molecule has 0 spiro atoms. The van der Waals surface area contributed by atoms with Crippen LogP contribution in [-0.4, -0.2) is 11.7 Å². The fourth-order valence-corrected chi connectivity index (χ4v) is 2.16. The van der Waals surface area contributed by atoms with Crippen molar-refractivity contribution >= 4 is 0 Å². The Kier molecular flexibility index (Phi) is 7.35. The largest absolute Gasteiger partial charge is 0.396 e. The summed E-state index contributed by atoms with van der Waals surface area (Å²) in [6.07, 6.45) is 9.02. The van der Waals surface area contributed by atoms with Crippen molar-refractivity contribution in [3.63, 3.8) is 0 Å². The van der Waals surface area contributed by atoms with Crippen LogP contribution in [0.15, 0.2) is 0 Å². The molecule has 0 amide bonds. The predicted octanol–water partition coefficient (Wildman–Crippen LogP) is 3.76. The van der Waals surface area contributed by atoms with E-state index in [9.17, 15) is 5.11 Å². The highest BCUT2D eigenvalue weighted by Crippen LogP contribution is 2.41. The molecule has 0 saturated heterocycles. The van der Waals surface area contributed by atoms with Gasteiger partial charge in [-0.15, -0.1) is 0 Å². The first kappa shape index (κ1) is 13.0. The molecule has 0 aromatic rings. The lowest BCUT2D eigenvalue weighted by molar-refractivity contribution is 0.118. The van der Waals surface area contributed by atoms with Crippen LogP contribution in [0.4, 0.5) is 0 Å². The van der Waals surface area contributed by atoms with Crippen molar-refractivity contribution in [3.8, 4) is 0 Å². The summed E-state index contributed by atoms with van der Waals surface area (Å²) >= 11 is 0. The molecular weight excluding hydrogens is 160 g/mol. The molecule has 1 aliphatic carbocycles. The molecule has 0 aromatic carbocycles. The highest BCUT2D eigenvalue weighted by Gasteiger charge is 2.31. The maximum atomic E-state index is 9.24. The number of hydrogen-bond acceptors (Lipinski definition) is 1. The van der Waals surface area contributed by atoms with Crippen LogP contribution < -0.4 is 0 Å². The van der Waals surface area contributed by atoms with Crippen molar-refractivity contribution in [2.75, 3.05) is 6.61 Å². The van der Waals surface area contributed by atoms with Crippen LogP contribution in [0.2, 0.25) is 0 Å². The van der Waals surface area contributed by atoms with E-state index in [0.717, 1.165) is 0 Å². The molecule has 0 bridgehead atoms. The molecule has 0 aromatic heterocycles. The topological polar surface area (TPSA) is 20.2 Å². The van der Waals surface area contributed by atoms with Gasteiger partial charge in [-0.25, -0.2) is 0 Å². The maximum Gasteiger partial charge on any atom is 0.0487 e. The van der Waals surface area contributed by atoms with Crippen molar-refractivity contribution < 1.29 is 5.11 Å². The maximum absolute atomic E-state index is 9.24. The molecule has 0 aliphatic heterocycles. The average molecular weight is 186 g/mol. The Morgan fingerprint density at radius 1 is 1.15 bits per heavy atom. The van der Waals surface area contributed by atoms with E-state index in [2.05, 4.69) is 6.92 Å². The molecule has 1 fully saturated rings. The first-order chi connectivity index (χ1) is 6.33. The number of rotatable bonds is 4. The van der Waals surface area contributed by atoms with Gasteiger partial charge in [-0.1, -0.05) is 46.5 Å². The van der Waals surface area contributed by atoms with Gasteiger partial charge in [-0.05, 0) is 24.7 Å². The summed E-state index contributed by atoms with van der Waals surface area (Å²) in [6, 6.07) is 0. The van der Waals surface area contributed by atoms with Gasteiger partial charge in [0, 0.05) is 6.61 Å². The van der Waals surface area contributed by atoms with E-state index in [-0.39, 0.29) is 0 Å². The molecule has 80 valence electrons. The second-order valence-electron chi connectivity index (χ2n) is 3.97. The highest BCUT2D eigenvalue weighted by atomic mass is 16.3. The SMILES string of the molecule is CC.CCCCC1(CO)CCCC1. The van der Waals surface area contributed by atoms with Gasteiger partial charge < -0.3 is 5.11 Å². The average Bonchev–Trinajstić information content (AvgIpc) is 2.67. The van der Waals surface area contributed by atoms with Gasteiger partial charge in [0.1, 0.15) is 0 Å². The van der Waals surface area contributed by atoms with E-state index in [1.807, 2.05) is 13.8 Å². The quantitative estimate of drug-likeness (QED) is 0.709.